The summed E-state index contributed by atoms with van der Waals surface area (Å²) in [6, 6.07) is 4.30. The summed E-state index contributed by atoms with van der Waals surface area (Å²) in [5.74, 6) is 2.34. The summed E-state index contributed by atoms with van der Waals surface area (Å²) >= 11 is 0. The zero-order valence-electron chi connectivity index (χ0n) is 12.0. The quantitative estimate of drug-likeness (QED) is 0.904. The monoisotopic (exact) mass is 288 g/mol. The Bertz CT molecular complexity index is 686. The molecule has 3 rings (SSSR count). The van der Waals surface area contributed by atoms with Crippen LogP contribution < -0.4 is 15.8 Å². The first kappa shape index (κ1) is 13.6. The molecule has 110 valence electrons. The number of anilines is 3. The SMILES string of the molecule is COc1cc(F)ccc1Nc1nc(C2CC2)nc(N)c1C. The fourth-order valence-corrected chi connectivity index (χ4v) is 2.09. The normalized spacial score (nSPS) is 14.0. The molecule has 21 heavy (non-hydrogen) atoms. The second-order valence-corrected chi connectivity index (χ2v) is 5.18. The summed E-state index contributed by atoms with van der Waals surface area (Å²) < 4.78 is 18.4. The number of aromatic nitrogens is 2. The molecule has 6 heteroatoms. The highest BCUT2D eigenvalue weighted by atomic mass is 19.1. The van der Waals surface area contributed by atoms with Crippen molar-refractivity contribution in [3.8, 4) is 5.75 Å². The maximum absolute atomic E-state index is 13.2. The van der Waals surface area contributed by atoms with E-state index in [0.717, 1.165) is 24.2 Å². The number of ether oxygens (including phenoxy) is 1. The molecular weight excluding hydrogens is 271 g/mol. The van der Waals surface area contributed by atoms with Gasteiger partial charge in [0.2, 0.25) is 0 Å². The molecule has 1 aromatic carbocycles. The van der Waals surface area contributed by atoms with Crippen molar-refractivity contribution >= 4 is 17.3 Å². The number of nitrogens with one attached hydrogen (secondary N) is 1. The molecule has 0 bridgehead atoms. The molecule has 0 spiro atoms. The summed E-state index contributed by atoms with van der Waals surface area (Å²) in [6.45, 7) is 1.85. The van der Waals surface area contributed by atoms with Crippen LogP contribution in [-0.4, -0.2) is 17.1 Å². The Kier molecular flexibility index (Phi) is 3.37. The molecule has 1 fully saturated rings. The van der Waals surface area contributed by atoms with Gasteiger partial charge in [0.1, 0.15) is 29.0 Å². The van der Waals surface area contributed by atoms with Crippen molar-refractivity contribution in [3.05, 3.63) is 35.4 Å². The fraction of sp³-hybridized carbons (Fsp3) is 0.333. The van der Waals surface area contributed by atoms with Crippen molar-refractivity contribution in [2.75, 3.05) is 18.2 Å². The summed E-state index contributed by atoms with van der Waals surface area (Å²) in [7, 11) is 1.50. The molecule has 0 saturated heterocycles. The van der Waals surface area contributed by atoms with E-state index in [1.807, 2.05) is 6.92 Å². The van der Waals surface area contributed by atoms with Gasteiger partial charge in [-0.3, -0.25) is 0 Å². The number of nitrogens with zero attached hydrogens (tertiary/aromatic N) is 2. The topological polar surface area (TPSA) is 73.1 Å². The minimum absolute atomic E-state index is 0.352. The minimum atomic E-state index is -0.352. The first-order valence-electron chi connectivity index (χ1n) is 6.83. The van der Waals surface area contributed by atoms with E-state index in [1.165, 1.54) is 19.2 Å². The van der Waals surface area contributed by atoms with Crippen molar-refractivity contribution in [1.29, 1.82) is 0 Å². The first-order chi connectivity index (χ1) is 10.1. The number of hydrogen-bond donors (Lipinski definition) is 2. The number of methoxy groups -OCH3 is 1. The summed E-state index contributed by atoms with van der Waals surface area (Å²) in [6.07, 6.45) is 2.20. The van der Waals surface area contributed by atoms with Gasteiger partial charge >= 0.3 is 0 Å². The maximum Gasteiger partial charge on any atom is 0.145 e. The van der Waals surface area contributed by atoms with Crippen molar-refractivity contribution in [1.82, 2.24) is 9.97 Å². The number of nitrogen functional groups attached to an aromatic ring is 1. The van der Waals surface area contributed by atoms with Crippen LogP contribution in [0.15, 0.2) is 18.2 Å². The number of benzene rings is 1. The van der Waals surface area contributed by atoms with Gasteiger partial charge in [-0.15, -0.1) is 0 Å². The number of nitrogens with two attached hydrogens (primary N) is 1. The summed E-state index contributed by atoms with van der Waals surface area (Å²) in [5.41, 5.74) is 7.36. The number of halogens is 1. The van der Waals surface area contributed by atoms with Crippen LogP contribution in [0.3, 0.4) is 0 Å². The van der Waals surface area contributed by atoms with E-state index in [4.69, 9.17) is 10.5 Å². The summed E-state index contributed by atoms with van der Waals surface area (Å²) in [4.78, 5) is 8.87. The van der Waals surface area contributed by atoms with E-state index in [9.17, 15) is 4.39 Å². The Labute approximate surface area is 122 Å². The van der Waals surface area contributed by atoms with Gasteiger partial charge in [-0.05, 0) is 31.9 Å². The molecule has 0 radical (unpaired) electrons. The standard InChI is InChI=1S/C15H17FN4O/c1-8-13(17)19-15(9-3-4-9)20-14(8)18-11-6-5-10(16)7-12(11)21-2/h5-7,9H,3-4H2,1-2H3,(H3,17,18,19,20). The van der Waals surface area contributed by atoms with Crippen LogP contribution in [0.5, 0.6) is 5.75 Å². The predicted molar refractivity (Wildman–Crippen MR) is 79.4 cm³/mol. The Morgan fingerprint density at radius 1 is 1.33 bits per heavy atom. The van der Waals surface area contributed by atoms with Crippen LogP contribution in [0.1, 0.15) is 30.1 Å². The van der Waals surface area contributed by atoms with Crippen molar-refractivity contribution in [3.63, 3.8) is 0 Å². The van der Waals surface area contributed by atoms with Crippen LogP contribution in [0.4, 0.5) is 21.7 Å². The minimum Gasteiger partial charge on any atom is -0.494 e. The van der Waals surface area contributed by atoms with Crippen molar-refractivity contribution in [2.45, 2.75) is 25.7 Å². The van der Waals surface area contributed by atoms with Crippen LogP contribution >= 0.6 is 0 Å². The van der Waals surface area contributed by atoms with E-state index in [-0.39, 0.29) is 5.82 Å². The van der Waals surface area contributed by atoms with Gasteiger partial charge in [0.25, 0.3) is 0 Å². The number of hydrogen-bond acceptors (Lipinski definition) is 5. The highest BCUT2D eigenvalue weighted by molar-refractivity contribution is 5.68. The fourth-order valence-electron chi connectivity index (χ4n) is 2.09. The lowest BCUT2D eigenvalue weighted by Crippen LogP contribution is -2.07. The Balaban J connectivity index is 1.97. The highest BCUT2D eigenvalue weighted by Crippen LogP contribution is 2.40. The predicted octanol–water partition coefficient (Wildman–Crippen LogP) is 3.14. The zero-order chi connectivity index (χ0) is 15.0. The third-order valence-electron chi connectivity index (χ3n) is 3.56. The second kappa shape index (κ2) is 5.20. The lowest BCUT2D eigenvalue weighted by atomic mass is 10.2. The molecule has 5 nitrogen and oxygen atoms in total. The molecule has 1 aliphatic carbocycles. The molecule has 0 amide bonds. The largest absolute Gasteiger partial charge is 0.494 e. The molecule has 1 heterocycles. The van der Waals surface area contributed by atoms with Crippen LogP contribution in [0.25, 0.3) is 0 Å². The molecular formula is C15H17FN4O. The maximum atomic E-state index is 13.2. The van der Waals surface area contributed by atoms with Crippen LogP contribution in [-0.2, 0) is 0 Å². The average molecular weight is 288 g/mol. The number of rotatable bonds is 4. The third-order valence-corrected chi connectivity index (χ3v) is 3.56. The Hall–Kier alpha value is -2.37. The van der Waals surface area contributed by atoms with E-state index in [0.29, 0.717) is 29.0 Å². The van der Waals surface area contributed by atoms with Gasteiger partial charge in [0, 0.05) is 17.5 Å². The average Bonchev–Trinajstić information content (AvgIpc) is 3.29. The smallest absolute Gasteiger partial charge is 0.145 e. The van der Waals surface area contributed by atoms with Gasteiger partial charge in [0.05, 0.1) is 12.8 Å². The van der Waals surface area contributed by atoms with E-state index >= 15 is 0 Å². The molecule has 3 N–H and O–H groups in total. The molecule has 0 atom stereocenters. The molecule has 0 unspecified atom stereocenters. The van der Waals surface area contributed by atoms with Crippen molar-refractivity contribution in [2.24, 2.45) is 0 Å². The van der Waals surface area contributed by atoms with Gasteiger partial charge in [-0.1, -0.05) is 0 Å². The molecule has 1 saturated carbocycles. The third kappa shape index (κ3) is 2.74. The zero-order valence-corrected chi connectivity index (χ0v) is 12.0. The molecule has 1 aliphatic rings. The van der Waals surface area contributed by atoms with E-state index in [1.54, 1.807) is 6.07 Å². The lowest BCUT2D eigenvalue weighted by Gasteiger charge is -2.14. The first-order valence-corrected chi connectivity index (χ1v) is 6.83. The summed E-state index contributed by atoms with van der Waals surface area (Å²) in [5, 5.41) is 3.16. The second-order valence-electron chi connectivity index (χ2n) is 5.18. The van der Waals surface area contributed by atoms with Crippen molar-refractivity contribution < 1.29 is 9.13 Å². The Morgan fingerprint density at radius 2 is 2.10 bits per heavy atom. The molecule has 1 aromatic heterocycles. The van der Waals surface area contributed by atoms with Crippen LogP contribution in [0.2, 0.25) is 0 Å². The van der Waals surface area contributed by atoms with Crippen LogP contribution in [0, 0.1) is 12.7 Å². The van der Waals surface area contributed by atoms with Gasteiger partial charge in [0.15, 0.2) is 0 Å². The lowest BCUT2D eigenvalue weighted by molar-refractivity contribution is 0.413. The molecule has 0 aliphatic heterocycles. The van der Waals surface area contributed by atoms with Gasteiger partial charge in [-0.2, -0.15) is 0 Å². The van der Waals surface area contributed by atoms with E-state index < -0.39 is 0 Å². The van der Waals surface area contributed by atoms with E-state index in [2.05, 4.69) is 15.3 Å². The van der Waals surface area contributed by atoms with Gasteiger partial charge < -0.3 is 15.8 Å². The Morgan fingerprint density at radius 3 is 2.76 bits per heavy atom. The van der Waals surface area contributed by atoms with Gasteiger partial charge in [-0.25, -0.2) is 14.4 Å². The highest BCUT2D eigenvalue weighted by Gasteiger charge is 2.28. The molecule has 2 aromatic rings.